The Labute approximate surface area is 169 Å². The quantitative estimate of drug-likeness (QED) is 0.268. The largest absolute Gasteiger partial charge is 0.469 e. The van der Waals surface area contributed by atoms with E-state index in [0.717, 1.165) is 13.1 Å². The average molecular weight is 404 g/mol. The molecule has 158 valence electrons. The number of carbonyl (C=O) groups is 3. The monoisotopic (exact) mass is 404 g/mol. The van der Waals surface area contributed by atoms with Crippen LogP contribution in [-0.4, -0.2) is 79.9 Å². The molecule has 1 fully saturated rings. The van der Waals surface area contributed by atoms with Gasteiger partial charge in [0.2, 0.25) is 5.91 Å². The number of nitrogens with one attached hydrogen (secondary N) is 3. The second kappa shape index (κ2) is 11.0. The van der Waals surface area contributed by atoms with Gasteiger partial charge in [-0.05, 0) is 18.2 Å². The average Bonchev–Trinajstić information content (AvgIpc) is 2.72. The smallest absolute Gasteiger partial charge is 0.307 e. The molecule has 1 aromatic rings. The van der Waals surface area contributed by atoms with Crippen molar-refractivity contribution in [1.82, 2.24) is 15.1 Å². The predicted octanol–water partition coefficient (Wildman–Crippen LogP) is -0.181. The van der Waals surface area contributed by atoms with Crippen molar-refractivity contribution in [2.24, 2.45) is 5.73 Å². The van der Waals surface area contributed by atoms with E-state index in [1.54, 1.807) is 29.2 Å². The lowest BCUT2D eigenvalue weighted by Gasteiger charge is -2.34. The van der Waals surface area contributed by atoms with Gasteiger partial charge in [-0.3, -0.25) is 24.7 Å². The number of benzene rings is 1. The lowest BCUT2D eigenvalue weighted by Crippen LogP contribution is -2.51. The molecule has 0 aromatic heterocycles. The van der Waals surface area contributed by atoms with Crippen LogP contribution >= 0.6 is 0 Å². The zero-order valence-corrected chi connectivity index (χ0v) is 16.6. The number of hydrogen-bond acceptors (Lipinski definition) is 6. The number of hydrogen-bond donors (Lipinski definition) is 4. The summed E-state index contributed by atoms with van der Waals surface area (Å²) in [7, 11) is 1.29. The highest BCUT2D eigenvalue weighted by atomic mass is 16.5. The lowest BCUT2D eigenvalue weighted by atomic mass is 10.2. The molecule has 10 nitrogen and oxygen atoms in total. The first-order valence-electron chi connectivity index (χ1n) is 9.45. The van der Waals surface area contributed by atoms with Crippen LogP contribution in [0.4, 0.5) is 5.69 Å². The summed E-state index contributed by atoms with van der Waals surface area (Å²) in [6, 6.07) is 6.63. The Balaban J connectivity index is 1.76. The molecule has 1 aliphatic heterocycles. The molecule has 1 aromatic carbocycles. The topological polar surface area (TPSA) is 141 Å². The first kappa shape index (κ1) is 22.2. The Hall–Kier alpha value is -3.14. The summed E-state index contributed by atoms with van der Waals surface area (Å²) in [5.41, 5.74) is 6.41. The summed E-state index contributed by atoms with van der Waals surface area (Å²) in [6.07, 6.45) is 0.426. The number of carbonyl (C=O) groups excluding carboxylic acids is 3. The number of ether oxygens (including phenoxy) is 1. The van der Waals surface area contributed by atoms with Crippen LogP contribution in [0.5, 0.6) is 0 Å². The molecule has 10 heteroatoms. The minimum absolute atomic E-state index is 0.0802. The summed E-state index contributed by atoms with van der Waals surface area (Å²) in [5, 5.41) is 12.9. The molecule has 1 saturated heterocycles. The fourth-order valence-corrected chi connectivity index (χ4v) is 2.92. The number of nitrogens with zero attached hydrogens (tertiary/aromatic N) is 2. The fourth-order valence-electron chi connectivity index (χ4n) is 2.92. The maximum Gasteiger partial charge on any atom is 0.307 e. The Morgan fingerprint density at radius 1 is 1.17 bits per heavy atom. The van der Waals surface area contributed by atoms with Crippen LogP contribution in [0.2, 0.25) is 0 Å². The SMILES string of the molecule is COC(=O)CCNC(=O)c1cccc(NC(=O)CCN2CCN(C(=N)N)CC2)c1. The van der Waals surface area contributed by atoms with Crippen LogP contribution in [0.25, 0.3) is 0 Å². The standard InChI is InChI=1S/C19H28N6O4/c1-29-17(27)5-7-22-18(28)14-3-2-4-15(13-14)23-16(26)6-8-24-9-11-25(12-10-24)19(20)21/h2-4,13H,5-12H2,1H3,(H3,20,21)(H,22,28)(H,23,26). The van der Waals surface area contributed by atoms with Crippen molar-refractivity contribution in [1.29, 1.82) is 5.41 Å². The molecule has 1 heterocycles. The van der Waals surface area contributed by atoms with Crippen LogP contribution in [0, 0.1) is 5.41 Å². The second-order valence-electron chi connectivity index (χ2n) is 6.67. The molecule has 0 unspecified atom stereocenters. The van der Waals surface area contributed by atoms with E-state index in [2.05, 4.69) is 20.3 Å². The molecule has 0 saturated carbocycles. The van der Waals surface area contributed by atoms with E-state index in [0.29, 0.717) is 37.3 Å². The van der Waals surface area contributed by atoms with E-state index in [1.807, 2.05) is 0 Å². The van der Waals surface area contributed by atoms with Crippen molar-refractivity contribution >= 4 is 29.4 Å². The van der Waals surface area contributed by atoms with Gasteiger partial charge in [-0.1, -0.05) is 6.07 Å². The van der Waals surface area contributed by atoms with E-state index in [1.165, 1.54) is 7.11 Å². The van der Waals surface area contributed by atoms with Crippen molar-refractivity contribution in [2.75, 3.05) is 51.7 Å². The Morgan fingerprint density at radius 3 is 2.55 bits per heavy atom. The van der Waals surface area contributed by atoms with E-state index in [4.69, 9.17) is 11.1 Å². The van der Waals surface area contributed by atoms with Gasteiger partial charge in [-0.2, -0.15) is 0 Å². The van der Waals surface area contributed by atoms with Gasteiger partial charge in [0.15, 0.2) is 5.96 Å². The maximum atomic E-state index is 12.2. The molecule has 0 radical (unpaired) electrons. The van der Waals surface area contributed by atoms with Crippen molar-refractivity contribution in [3.63, 3.8) is 0 Å². The molecule has 0 atom stereocenters. The summed E-state index contributed by atoms with van der Waals surface area (Å²) in [6.45, 7) is 3.68. The highest BCUT2D eigenvalue weighted by Gasteiger charge is 2.18. The minimum atomic E-state index is -0.394. The molecule has 5 N–H and O–H groups in total. The third-order valence-electron chi connectivity index (χ3n) is 4.62. The Bertz CT molecular complexity index is 746. The summed E-state index contributed by atoms with van der Waals surface area (Å²) < 4.78 is 4.52. The van der Waals surface area contributed by atoms with E-state index in [9.17, 15) is 14.4 Å². The normalized spacial score (nSPS) is 14.2. The molecular weight excluding hydrogens is 376 g/mol. The predicted molar refractivity (Wildman–Crippen MR) is 109 cm³/mol. The zero-order chi connectivity index (χ0) is 21.2. The minimum Gasteiger partial charge on any atom is -0.469 e. The Kier molecular flexibility index (Phi) is 8.41. The number of nitrogens with two attached hydrogens (primary N) is 1. The summed E-state index contributed by atoms with van der Waals surface area (Å²) in [5.74, 6) is -0.777. The van der Waals surface area contributed by atoms with Crippen LogP contribution in [0.15, 0.2) is 24.3 Å². The third kappa shape index (κ3) is 7.41. The van der Waals surface area contributed by atoms with Crippen LogP contribution < -0.4 is 16.4 Å². The lowest BCUT2D eigenvalue weighted by molar-refractivity contribution is -0.140. The number of guanidine groups is 1. The van der Waals surface area contributed by atoms with Crippen molar-refractivity contribution in [3.05, 3.63) is 29.8 Å². The molecule has 0 bridgehead atoms. The van der Waals surface area contributed by atoms with Gasteiger partial charge in [0, 0.05) is 56.9 Å². The molecule has 2 amide bonds. The molecule has 0 aliphatic carbocycles. The van der Waals surface area contributed by atoms with Gasteiger partial charge < -0.3 is 26.0 Å². The molecule has 0 spiro atoms. The number of esters is 1. The number of anilines is 1. The van der Waals surface area contributed by atoms with E-state index < -0.39 is 5.97 Å². The number of rotatable bonds is 8. The van der Waals surface area contributed by atoms with E-state index >= 15 is 0 Å². The first-order valence-corrected chi connectivity index (χ1v) is 9.45. The highest BCUT2D eigenvalue weighted by Crippen LogP contribution is 2.11. The fraction of sp³-hybridized carbons (Fsp3) is 0.474. The van der Waals surface area contributed by atoms with Crippen LogP contribution in [0.3, 0.4) is 0 Å². The van der Waals surface area contributed by atoms with Crippen LogP contribution in [0.1, 0.15) is 23.2 Å². The number of piperazine rings is 1. The zero-order valence-electron chi connectivity index (χ0n) is 16.6. The molecule has 2 rings (SSSR count). The van der Waals surface area contributed by atoms with Gasteiger partial charge in [0.05, 0.1) is 13.5 Å². The van der Waals surface area contributed by atoms with Gasteiger partial charge in [-0.25, -0.2) is 0 Å². The second-order valence-corrected chi connectivity index (χ2v) is 6.67. The Morgan fingerprint density at radius 2 is 1.90 bits per heavy atom. The molecule has 29 heavy (non-hydrogen) atoms. The number of methoxy groups -OCH3 is 1. The van der Waals surface area contributed by atoms with Gasteiger partial charge in [-0.15, -0.1) is 0 Å². The highest BCUT2D eigenvalue weighted by molar-refractivity contribution is 5.97. The number of amides is 2. The van der Waals surface area contributed by atoms with Gasteiger partial charge in [0.25, 0.3) is 5.91 Å². The van der Waals surface area contributed by atoms with Crippen molar-refractivity contribution in [3.8, 4) is 0 Å². The van der Waals surface area contributed by atoms with Gasteiger partial charge in [0.1, 0.15) is 0 Å². The first-order chi connectivity index (χ1) is 13.9. The van der Waals surface area contributed by atoms with Crippen molar-refractivity contribution < 1.29 is 19.1 Å². The van der Waals surface area contributed by atoms with Crippen molar-refractivity contribution in [2.45, 2.75) is 12.8 Å². The van der Waals surface area contributed by atoms with E-state index in [-0.39, 0.29) is 30.7 Å². The maximum absolute atomic E-state index is 12.2. The van der Waals surface area contributed by atoms with Crippen LogP contribution in [-0.2, 0) is 14.3 Å². The third-order valence-corrected chi connectivity index (χ3v) is 4.62. The molecular formula is C19H28N6O4. The summed E-state index contributed by atoms with van der Waals surface area (Å²) >= 11 is 0. The van der Waals surface area contributed by atoms with Gasteiger partial charge >= 0.3 is 5.97 Å². The summed E-state index contributed by atoms with van der Waals surface area (Å²) in [4.78, 5) is 39.4. The molecule has 1 aliphatic rings.